The fourth-order valence-corrected chi connectivity index (χ4v) is 4.17. The van der Waals surface area contributed by atoms with Crippen molar-refractivity contribution in [2.45, 2.75) is 50.7 Å². The molecule has 0 spiro atoms. The highest BCUT2D eigenvalue weighted by atomic mass is 127. The smallest absolute Gasteiger partial charge is 0.191 e. The first kappa shape index (κ1) is 23.0. The number of hydrogen-bond donors (Lipinski definition) is 2. The molecule has 6 heteroatoms. The van der Waals surface area contributed by atoms with Gasteiger partial charge in [0, 0.05) is 44.2 Å². The zero-order valence-electron chi connectivity index (χ0n) is 17.6. The van der Waals surface area contributed by atoms with Gasteiger partial charge in [0.05, 0.1) is 0 Å². The second kappa shape index (κ2) is 11.1. The van der Waals surface area contributed by atoms with Gasteiger partial charge in [0.2, 0.25) is 0 Å². The third-order valence-corrected chi connectivity index (χ3v) is 5.90. The number of rotatable bonds is 6. The molecular weight excluding hydrogens is 490 g/mol. The van der Waals surface area contributed by atoms with E-state index < -0.39 is 0 Å². The van der Waals surface area contributed by atoms with Gasteiger partial charge >= 0.3 is 0 Å². The number of hydrogen-bond acceptors (Lipinski definition) is 2. The molecule has 2 fully saturated rings. The zero-order chi connectivity index (χ0) is 20.1. The Bertz CT molecular complexity index is 804. The number of piperidine rings is 1. The summed E-state index contributed by atoms with van der Waals surface area (Å²) < 4.78 is 13.1. The molecule has 1 saturated carbocycles. The largest absolute Gasteiger partial charge is 0.354 e. The summed E-state index contributed by atoms with van der Waals surface area (Å²) in [4.78, 5) is 7.11. The Balaban J connectivity index is 0.00000256. The quantitative estimate of drug-likeness (QED) is 0.333. The van der Waals surface area contributed by atoms with Crippen LogP contribution in [-0.4, -0.2) is 42.6 Å². The van der Waals surface area contributed by atoms with Gasteiger partial charge in [-0.05, 0) is 49.4 Å². The highest BCUT2D eigenvalue weighted by Crippen LogP contribution is 2.40. The maximum Gasteiger partial charge on any atom is 0.191 e. The molecule has 1 saturated heterocycles. The molecule has 2 aliphatic rings. The summed E-state index contributed by atoms with van der Waals surface area (Å²) in [6, 6.07) is 18.5. The van der Waals surface area contributed by atoms with Gasteiger partial charge in [0.1, 0.15) is 5.82 Å². The Morgan fingerprint density at radius 1 is 1.03 bits per heavy atom. The van der Waals surface area contributed by atoms with Gasteiger partial charge in [-0.15, -0.1) is 24.0 Å². The Hall–Kier alpha value is -1.67. The van der Waals surface area contributed by atoms with E-state index in [-0.39, 0.29) is 29.8 Å². The van der Waals surface area contributed by atoms with Crippen LogP contribution in [-0.2, 0) is 6.54 Å². The summed E-state index contributed by atoms with van der Waals surface area (Å²) >= 11 is 0. The summed E-state index contributed by atoms with van der Waals surface area (Å²) in [5.74, 6) is 1.38. The lowest BCUT2D eigenvalue weighted by molar-refractivity contribution is 0.198. The van der Waals surface area contributed by atoms with Crippen LogP contribution >= 0.6 is 24.0 Å². The first-order valence-corrected chi connectivity index (χ1v) is 10.8. The molecule has 2 unspecified atom stereocenters. The standard InChI is InChI=1S/C24H31FN4.HI/c1-2-26-24(28-23-16-22(23)19-6-4-3-5-7-19)27-21-12-14-29(15-13-21)17-18-8-10-20(25)11-9-18;/h3-11,21-23H,2,12-17H2,1H3,(H2,26,27,28);1H. The summed E-state index contributed by atoms with van der Waals surface area (Å²) in [5.41, 5.74) is 2.59. The topological polar surface area (TPSA) is 39.7 Å². The lowest BCUT2D eigenvalue weighted by atomic mass is 10.0. The fourth-order valence-electron chi connectivity index (χ4n) is 4.17. The van der Waals surface area contributed by atoms with Crippen LogP contribution in [0, 0.1) is 5.82 Å². The van der Waals surface area contributed by atoms with Crippen LogP contribution in [0.1, 0.15) is 43.2 Å². The van der Waals surface area contributed by atoms with Crippen molar-refractivity contribution in [3.05, 3.63) is 71.5 Å². The number of guanidine groups is 1. The molecule has 0 amide bonds. The normalized spacial score (nSPS) is 22.3. The molecule has 30 heavy (non-hydrogen) atoms. The third-order valence-electron chi connectivity index (χ3n) is 5.90. The lowest BCUT2D eigenvalue weighted by Crippen LogP contribution is -2.49. The van der Waals surface area contributed by atoms with Crippen LogP contribution in [0.25, 0.3) is 0 Å². The number of aliphatic imine (C=N–C) groups is 1. The summed E-state index contributed by atoms with van der Waals surface area (Å²) in [5, 5.41) is 7.29. The second-order valence-corrected chi connectivity index (χ2v) is 8.15. The SMILES string of the molecule is CCN=C(NC1CCN(Cc2ccc(F)cc2)CC1)NC1CC1c1ccccc1.I. The number of likely N-dealkylation sites (tertiary alicyclic amines) is 1. The van der Waals surface area contributed by atoms with Gasteiger partial charge in [-0.25, -0.2) is 4.39 Å². The number of nitrogens with zero attached hydrogens (tertiary/aromatic N) is 2. The molecule has 1 aliphatic carbocycles. The highest BCUT2D eigenvalue weighted by Gasteiger charge is 2.39. The van der Waals surface area contributed by atoms with Crippen LogP contribution in [0.2, 0.25) is 0 Å². The number of nitrogens with one attached hydrogen (secondary N) is 2. The molecule has 1 aliphatic heterocycles. The van der Waals surface area contributed by atoms with Crippen LogP contribution < -0.4 is 10.6 Å². The van der Waals surface area contributed by atoms with Crippen LogP contribution in [0.15, 0.2) is 59.6 Å². The van der Waals surface area contributed by atoms with E-state index in [9.17, 15) is 4.39 Å². The Morgan fingerprint density at radius 3 is 2.40 bits per heavy atom. The van der Waals surface area contributed by atoms with E-state index in [1.54, 1.807) is 12.1 Å². The number of benzene rings is 2. The average molecular weight is 522 g/mol. The van der Waals surface area contributed by atoms with Crippen molar-refractivity contribution in [3.63, 3.8) is 0 Å². The highest BCUT2D eigenvalue weighted by molar-refractivity contribution is 14.0. The van der Waals surface area contributed by atoms with Gasteiger partial charge in [-0.1, -0.05) is 42.5 Å². The lowest BCUT2D eigenvalue weighted by Gasteiger charge is -2.33. The van der Waals surface area contributed by atoms with Crippen molar-refractivity contribution in [2.75, 3.05) is 19.6 Å². The molecule has 0 bridgehead atoms. The van der Waals surface area contributed by atoms with Crippen molar-refractivity contribution in [3.8, 4) is 0 Å². The van der Waals surface area contributed by atoms with Gasteiger partial charge in [0.25, 0.3) is 0 Å². The minimum atomic E-state index is -0.169. The molecule has 1 heterocycles. The first-order chi connectivity index (χ1) is 14.2. The second-order valence-electron chi connectivity index (χ2n) is 8.15. The van der Waals surface area contributed by atoms with Gasteiger partial charge in [0.15, 0.2) is 5.96 Å². The van der Waals surface area contributed by atoms with E-state index in [4.69, 9.17) is 0 Å². The minimum absolute atomic E-state index is 0. The van der Waals surface area contributed by atoms with Crippen molar-refractivity contribution in [2.24, 2.45) is 4.99 Å². The van der Waals surface area contributed by atoms with Crippen LogP contribution in [0.5, 0.6) is 0 Å². The van der Waals surface area contributed by atoms with Crippen LogP contribution in [0.4, 0.5) is 4.39 Å². The summed E-state index contributed by atoms with van der Waals surface area (Å²) in [6.45, 7) is 5.84. The van der Waals surface area contributed by atoms with Crippen molar-refractivity contribution in [1.29, 1.82) is 0 Å². The van der Waals surface area contributed by atoms with E-state index >= 15 is 0 Å². The molecule has 2 aromatic rings. The van der Waals surface area contributed by atoms with Crippen molar-refractivity contribution >= 4 is 29.9 Å². The molecule has 2 atom stereocenters. The van der Waals surface area contributed by atoms with Crippen molar-refractivity contribution < 1.29 is 4.39 Å². The Labute approximate surface area is 196 Å². The maximum atomic E-state index is 13.1. The van der Waals surface area contributed by atoms with E-state index in [1.165, 1.54) is 17.5 Å². The van der Waals surface area contributed by atoms with Gasteiger partial charge in [-0.2, -0.15) is 0 Å². The number of halogens is 2. The molecule has 4 rings (SSSR count). The van der Waals surface area contributed by atoms with E-state index in [1.807, 2.05) is 12.1 Å². The predicted octanol–water partition coefficient (Wildman–Crippen LogP) is 4.52. The monoisotopic (exact) mass is 522 g/mol. The molecule has 0 radical (unpaired) electrons. The average Bonchev–Trinajstić information content (AvgIpc) is 3.51. The van der Waals surface area contributed by atoms with Crippen molar-refractivity contribution in [1.82, 2.24) is 15.5 Å². The Kier molecular flexibility index (Phi) is 8.50. The van der Waals surface area contributed by atoms with Gasteiger partial charge in [-0.3, -0.25) is 9.89 Å². The molecular formula is C24H32FIN4. The molecule has 2 aromatic carbocycles. The minimum Gasteiger partial charge on any atom is -0.354 e. The summed E-state index contributed by atoms with van der Waals surface area (Å²) in [7, 11) is 0. The van der Waals surface area contributed by atoms with Gasteiger partial charge < -0.3 is 10.6 Å². The molecule has 2 N–H and O–H groups in total. The predicted molar refractivity (Wildman–Crippen MR) is 132 cm³/mol. The zero-order valence-corrected chi connectivity index (χ0v) is 19.9. The summed E-state index contributed by atoms with van der Waals surface area (Å²) in [6.07, 6.45) is 3.36. The maximum absolute atomic E-state index is 13.1. The van der Waals surface area contributed by atoms with E-state index in [0.29, 0.717) is 18.0 Å². The van der Waals surface area contributed by atoms with E-state index in [0.717, 1.165) is 45.0 Å². The van der Waals surface area contributed by atoms with E-state index in [2.05, 4.69) is 57.8 Å². The first-order valence-electron chi connectivity index (χ1n) is 10.8. The molecule has 162 valence electrons. The Morgan fingerprint density at radius 2 is 1.73 bits per heavy atom. The third kappa shape index (κ3) is 6.41. The molecule has 0 aromatic heterocycles. The fraction of sp³-hybridized carbons (Fsp3) is 0.458. The van der Waals surface area contributed by atoms with Crippen LogP contribution in [0.3, 0.4) is 0 Å². The molecule has 4 nitrogen and oxygen atoms in total.